The number of nitrogens with zero attached hydrogens (tertiary/aromatic N) is 1. The standard InChI is InChI=1S/C8H5BrFNO2/c9-5-1-2-7-6(3-5)11(4-10)8(12)13-7/h1-3H,4H2. The Bertz CT molecular complexity index is 502. The molecule has 0 saturated carbocycles. The Morgan fingerprint density at radius 1 is 1.54 bits per heavy atom. The van der Waals surface area contributed by atoms with Gasteiger partial charge in [0.15, 0.2) is 12.4 Å². The summed E-state index contributed by atoms with van der Waals surface area (Å²) < 4.78 is 18.9. The SMILES string of the molecule is O=c1oc2ccc(Br)cc2n1CF. The van der Waals surface area contributed by atoms with Gasteiger partial charge in [0.1, 0.15) is 0 Å². The summed E-state index contributed by atoms with van der Waals surface area (Å²) in [5.74, 6) is -0.671. The number of hydrogen-bond donors (Lipinski definition) is 0. The zero-order valence-corrected chi connectivity index (χ0v) is 8.04. The predicted octanol–water partition coefficient (Wildman–Crippen LogP) is 2.28. The van der Waals surface area contributed by atoms with E-state index < -0.39 is 12.6 Å². The Kier molecular flexibility index (Phi) is 1.95. The molecule has 0 aliphatic heterocycles. The van der Waals surface area contributed by atoms with E-state index >= 15 is 0 Å². The molecule has 0 bridgehead atoms. The minimum Gasteiger partial charge on any atom is -0.408 e. The molecule has 0 radical (unpaired) electrons. The van der Waals surface area contributed by atoms with Crippen LogP contribution in [0.25, 0.3) is 11.1 Å². The Morgan fingerprint density at radius 3 is 3.00 bits per heavy atom. The molecule has 3 nitrogen and oxygen atoms in total. The molecule has 0 saturated heterocycles. The maximum atomic E-state index is 12.4. The largest absolute Gasteiger partial charge is 0.422 e. The minimum absolute atomic E-state index is 0.394. The molecule has 2 aromatic rings. The van der Waals surface area contributed by atoms with Crippen molar-refractivity contribution in [3.05, 3.63) is 33.2 Å². The first-order valence-electron chi connectivity index (χ1n) is 3.57. The van der Waals surface area contributed by atoms with Crippen molar-refractivity contribution in [3.8, 4) is 0 Å². The number of halogens is 2. The quantitative estimate of drug-likeness (QED) is 0.773. The van der Waals surface area contributed by atoms with E-state index in [0.717, 1.165) is 9.04 Å². The van der Waals surface area contributed by atoms with E-state index in [9.17, 15) is 9.18 Å². The summed E-state index contributed by atoms with van der Waals surface area (Å²) in [5, 5.41) is 0. The highest BCUT2D eigenvalue weighted by Gasteiger charge is 2.07. The highest BCUT2D eigenvalue weighted by molar-refractivity contribution is 9.10. The number of rotatable bonds is 1. The number of aromatic nitrogens is 1. The zero-order chi connectivity index (χ0) is 9.42. The molecule has 0 amide bonds. The van der Waals surface area contributed by atoms with E-state index in [1.807, 2.05) is 0 Å². The van der Waals surface area contributed by atoms with Crippen LogP contribution >= 0.6 is 15.9 Å². The third-order valence-electron chi connectivity index (χ3n) is 1.75. The van der Waals surface area contributed by atoms with E-state index in [-0.39, 0.29) is 0 Å². The molecule has 68 valence electrons. The fraction of sp³-hybridized carbons (Fsp3) is 0.125. The number of hydrogen-bond acceptors (Lipinski definition) is 2. The minimum atomic E-state index is -0.873. The van der Waals surface area contributed by atoms with Crippen LogP contribution in [0.2, 0.25) is 0 Å². The summed E-state index contributed by atoms with van der Waals surface area (Å²) in [4.78, 5) is 11.0. The van der Waals surface area contributed by atoms with Gasteiger partial charge in [-0.05, 0) is 18.2 Å². The third-order valence-corrected chi connectivity index (χ3v) is 2.24. The summed E-state index contributed by atoms with van der Waals surface area (Å²) in [6, 6.07) is 4.99. The van der Waals surface area contributed by atoms with Gasteiger partial charge in [0.25, 0.3) is 0 Å². The molecule has 1 aromatic carbocycles. The molecule has 13 heavy (non-hydrogen) atoms. The lowest BCUT2D eigenvalue weighted by molar-refractivity contribution is 0.355. The number of oxazole rings is 1. The summed E-state index contributed by atoms with van der Waals surface area (Å²) >= 11 is 3.23. The Labute approximate surface area is 80.9 Å². The Hall–Kier alpha value is -1.10. The van der Waals surface area contributed by atoms with Crippen molar-refractivity contribution < 1.29 is 8.81 Å². The van der Waals surface area contributed by atoms with Gasteiger partial charge in [0, 0.05) is 4.47 Å². The third kappa shape index (κ3) is 1.29. The van der Waals surface area contributed by atoms with Crippen LogP contribution in [-0.4, -0.2) is 4.57 Å². The summed E-state index contributed by atoms with van der Waals surface area (Å²) in [6.07, 6.45) is 0. The Morgan fingerprint density at radius 2 is 2.31 bits per heavy atom. The maximum absolute atomic E-state index is 12.4. The summed E-state index contributed by atoms with van der Waals surface area (Å²) in [5.41, 5.74) is 0.854. The second-order valence-corrected chi connectivity index (χ2v) is 3.44. The summed E-state index contributed by atoms with van der Waals surface area (Å²) in [6.45, 7) is -0.873. The molecule has 0 spiro atoms. The molecule has 0 unspecified atom stereocenters. The fourth-order valence-electron chi connectivity index (χ4n) is 1.15. The average Bonchev–Trinajstić information content (AvgIpc) is 2.40. The van der Waals surface area contributed by atoms with Gasteiger partial charge in [-0.2, -0.15) is 0 Å². The topological polar surface area (TPSA) is 35.1 Å². The zero-order valence-electron chi connectivity index (χ0n) is 6.46. The van der Waals surface area contributed by atoms with Crippen molar-refractivity contribution in [3.63, 3.8) is 0 Å². The molecule has 1 heterocycles. The molecule has 2 rings (SSSR count). The van der Waals surface area contributed by atoms with E-state index in [1.54, 1.807) is 18.2 Å². The van der Waals surface area contributed by atoms with E-state index in [2.05, 4.69) is 15.9 Å². The van der Waals surface area contributed by atoms with E-state index in [0.29, 0.717) is 11.1 Å². The van der Waals surface area contributed by atoms with Crippen LogP contribution in [0.15, 0.2) is 31.9 Å². The van der Waals surface area contributed by atoms with E-state index in [4.69, 9.17) is 4.42 Å². The van der Waals surface area contributed by atoms with E-state index in [1.165, 1.54) is 0 Å². The van der Waals surface area contributed by atoms with Crippen LogP contribution in [0.4, 0.5) is 4.39 Å². The van der Waals surface area contributed by atoms with Crippen LogP contribution in [0.1, 0.15) is 0 Å². The lowest BCUT2D eigenvalue weighted by atomic mass is 10.3. The van der Waals surface area contributed by atoms with Crippen LogP contribution in [-0.2, 0) is 6.80 Å². The number of alkyl halides is 1. The fourth-order valence-corrected chi connectivity index (χ4v) is 1.50. The first-order valence-corrected chi connectivity index (χ1v) is 4.36. The lowest BCUT2D eigenvalue weighted by Crippen LogP contribution is -2.11. The maximum Gasteiger partial charge on any atom is 0.422 e. The van der Waals surface area contributed by atoms with Crippen LogP contribution < -0.4 is 5.76 Å². The first kappa shape index (κ1) is 8.50. The van der Waals surface area contributed by atoms with Gasteiger partial charge in [0.2, 0.25) is 0 Å². The van der Waals surface area contributed by atoms with Crippen molar-refractivity contribution in [1.29, 1.82) is 0 Å². The second-order valence-electron chi connectivity index (χ2n) is 2.53. The monoisotopic (exact) mass is 245 g/mol. The van der Waals surface area contributed by atoms with Gasteiger partial charge in [-0.25, -0.2) is 13.8 Å². The number of fused-ring (bicyclic) bond motifs is 1. The molecular weight excluding hydrogens is 241 g/mol. The molecule has 0 atom stereocenters. The van der Waals surface area contributed by atoms with Gasteiger partial charge in [-0.3, -0.25) is 0 Å². The van der Waals surface area contributed by atoms with Crippen LogP contribution in [0.3, 0.4) is 0 Å². The molecule has 1 aromatic heterocycles. The molecule has 0 aliphatic carbocycles. The summed E-state index contributed by atoms with van der Waals surface area (Å²) in [7, 11) is 0. The van der Waals surface area contributed by atoms with Crippen LogP contribution in [0, 0.1) is 0 Å². The van der Waals surface area contributed by atoms with Gasteiger partial charge in [0.05, 0.1) is 5.52 Å². The molecule has 5 heteroatoms. The molecule has 0 fully saturated rings. The van der Waals surface area contributed by atoms with Gasteiger partial charge in [-0.15, -0.1) is 0 Å². The smallest absolute Gasteiger partial charge is 0.408 e. The Balaban J connectivity index is 2.89. The normalized spacial score (nSPS) is 10.9. The van der Waals surface area contributed by atoms with Gasteiger partial charge in [-0.1, -0.05) is 15.9 Å². The predicted molar refractivity (Wildman–Crippen MR) is 49.3 cm³/mol. The van der Waals surface area contributed by atoms with Gasteiger partial charge >= 0.3 is 5.76 Å². The van der Waals surface area contributed by atoms with Crippen molar-refractivity contribution >= 4 is 27.0 Å². The lowest BCUT2D eigenvalue weighted by Gasteiger charge is -1.93. The highest BCUT2D eigenvalue weighted by Crippen LogP contribution is 2.18. The molecule has 0 N–H and O–H groups in total. The second kappa shape index (κ2) is 2.99. The van der Waals surface area contributed by atoms with Crippen molar-refractivity contribution in [2.75, 3.05) is 0 Å². The average molecular weight is 246 g/mol. The molecule has 0 aliphatic rings. The van der Waals surface area contributed by atoms with Crippen molar-refractivity contribution in [2.45, 2.75) is 6.80 Å². The van der Waals surface area contributed by atoms with Crippen molar-refractivity contribution in [1.82, 2.24) is 4.57 Å². The molecular formula is C8H5BrFNO2. The first-order chi connectivity index (χ1) is 6.22. The van der Waals surface area contributed by atoms with Gasteiger partial charge < -0.3 is 4.42 Å². The highest BCUT2D eigenvalue weighted by atomic mass is 79.9. The van der Waals surface area contributed by atoms with Crippen molar-refractivity contribution in [2.24, 2.45) is 0 Å². The number of benzene rings is 1. The van der Waals surface area contributed by atoms with Crippen LogP contribution in [0.5, 0.6) is 0 Å².